The molecule has 0 unspecified atom stereocenters. The van der Waals surface area contributed by atoms with Crippen molar-refractivity contribution in [2.24, 2.45) is 0 Å². The van der Waals surface area contributed by atoms with Crippen LogP contribution in [0.1, 0.15) is 168 Å². The molecule has 0 aliphatic carbocycles. The van der Waals surface area contributed by atoms with Crippen LogP contribution in [0.25, 0.3) is 0 Å². The van der Waals surface area contributed by atoms with Gasteiger partial charge in [-0.2, -0.15) is 0 Å². The van der Waals surface area contributed by atoms with Crippen molar-refractivity contribution in [2.75, 3.05) is 13.2 Å². The second-order valence-corrected chi connectivity index (χ2v) is 10.9. The van der Waals surface area contributed by atoms with E-state index in [1.165, 1.54) is 96.3 Å². The first-order valence-corrected chi connectivity index (χ1v) is 16.2. The maximum absolute atomic E-state index is 12.1. The van der Waals surface area contributed by atoms with Crippen molar-refractivity contribution in [3.8, 4) is 0 Å². The highest BCUT2D eigenvalue weighted by atomic mass is 16.6. The van der Waals surface area contributed by atoms with Crippen LogP contribution >= 0.6 is 0 Å². The van der Waals surface area contributed by atoms with Crippen LogP contribution in [0, 0.1) is 0 Å². The fraction of sp³-hybridized carbons (Fsp3) is 0.879. The molecule has 224 valence electrons. The van der Waals surface area contributed by atoms with Crippen molar-refractivity contribution in [2.45, 2.75) is 174 Å². The molecule has 5 nitrogen and oxygen atoms in total. The Morgan fingerprint density at radius 2 is 1.00 bits per heavy atom. The van der Waals surface area contributed by atoms with Crippen LogP contribution in [-0.2, 0) is 19.1 Å². The topological polar surface area (TPSA) is 72.8 Å². The van der Waals surface area contributed by atoms with Crippen LogP contribution in [0.5, 0.6) is 0 Å². The van der Waals surface area contributed by atoms with Gasteiger partial charge in [-0.1, -0.05) is 135 Å². The first kappa shape index (κ1) is 36.6. The van der Waals surface area contributed by atoms with E-state index in [4.69, 9.17) is 9.47 Å². The van der Waals surface area contributed by atoms with Gasteiger partial charge in [-0.05, 0) is 32.1 Å². The normalized spacial score (nSPS) is 12.2. The second-order valence-electron chi connectivity index (χ2n) is 10.9. The number of carbonyl (C=O) groups is 2. The minimum absolute atomic E-state index is 0.0654. The summed E-state index contributed by atoms with van der Waals surface area (Å²) in [4.78, 5) is 24.0. The molecule has 1 N–H and O–H groups in total. The minimum Gasteiger partial charge on any atom is -0.462 e. The predicted molar refractivity (Wildman–Crippen MR) is 159 cm³/mol. The number of aliphatic hydroxyl groups excluding tert-OH is 1. The van der Waals surface area contributed by atoms with Crippen molar-refractivity contribution in [3.63, 3.8) is 0 Å². The largest absolute Gasteiger partial charge is 0.462 e. The first-order chi connectivity index (χ1) is 18.6. The van der Waals surface area contributed by atoms with Crippen molar-refractivity contribution in [1.29, 1.82) is 0 Å². The van der Waals surface area contributed by atoms with Gasteiger partial charge in [0.15, 0.2) is 6.10 Å². The zero-order valence-corrected chi connectivity index (χ0v) is 25.2. The summed E-state index contributed by atoms with van der Waals surface area (Å²) in [5.41, 5.74) is 0. The summed E-state index contributed by atoms with van der Waals surface area (Å²) in [5, 5.41) is 9.48. The van der Waals surface area contributed by atoms with Gasteiger partial charge in [0, 0.05) is 12.8 Å². The summed E-state index contributed by atoms with van der Waals surface area (Å²) < 4.78 is 10.5. The number of aliphatic hydroxyl groups is 1. The maximum Gasteiger partial charge on any atom is 0.306 e. The Hall–Kier alpha value is -1.36. The number of esters is 2. The van der Waals surface area contributed by atoms with Gasteiger partial charge in [-0.3, -0.25) is 9.59 Å². The lowest BCUT2D eigenvalue weighted by Crippen LogP contribution is -2.28. The van der Waals surface area contributed by atoms with Crippen LogP contribution < -0.4 is 0 Å². The van der Waals surface area contributed by atoms with Gasteiger partial charge in [-0.15, -0.1) is 0 Å². The predicted octanol–water partition coefficient (Wildman–Crippen LogP) is 9.39. The smallest absolute Gasteiger partial charge is 0.306 e. The fourth-order valence-electron chi connectivity index (χ4n) is 4.53. The zero-order chi connectivity index (χ0) is 27.9. The Bertz CT molecular complexity index is 546. The van der Waals surface area contributed by atoms with E-state index in [9.17, 15) is 14.7 Å². The van der Waals surface area contributed by atoms with Crippen molar-refractivity contribution < 1.29 is 24.2 Å². The van der Waals surface area contributed by atoms with Crippen LogP contribution in [0.3, 0.4) is 0 Å². The summed E-state index contributed by atoms with van der Waals surface area (Å²) in [7, 11) is 0. The molecule has 0 rings (SSSR count). The highest BCUT2D eigenvalue weighted by molar-refractivity contribution is 5.70. The van der Waals surface area contributed by atoms with Gasteiger partial charge < -0.3 is 14.6 Å². The molecule has 0 saturated carbocycles. The molecule has 1 atom stereocenters. The molecule has 0 aromatic carbocycles. The Balaban J connectivity index is 3.58. The highest BCUT2D eigenvalue weighted by Gasteiger charge is 2.16. The molecule has 0 amide bonds. The third kappa shape index (κ3) is 27.7. The molecule has 0 spiro atoms. The van der Waals surface area contributed by atoms with Crippen molar-refractivity contribution in [1.82, 2.24) is 0 Å². The van der Waals surface area contributed by atoms with Crippen LogP contribution in [0.4, 0.5) is 0 Å². The van der Waals surface area contributed by atoms with Gasteiger partial charge in [0.25, 0.3) is 0 Å². The molecule has 0 saturated heterocycles. The van der Waals surface area contributed by atoms with Gasteiger partial charge in [0.2, 0.25) is 0 Å². The third-order valence-corrected chi connectivity index (χ3v) is 7.06. The second kappa shape index (κ2) is 30.2. The summed E-state index contributed by atoms with van der Waals surface area (Å²) in [6.45, 7) is 4.08. The maximum atomic E-state index is 12.1. The van der Waals surface area contributed by atoms with E-state index in [-0.39, 0.29) is 25.2 Å². The van der Waals surface area contributed by atoms with E-state index < -0.39 is 6.10 Å². The fourth-order valence-corrected chi connectivity index (χ4v) is 4.53. The van der Waals surface area contributed by atoms with Crippen molar-refractivity contribution in [3.05, 3.63) is 12.2 Å². The molecule has 38 heavy (non-hydrogen) atoms. The Labute approximate surface area is 235 Å². The van der Waals surface area contributed by atoms with Crippen molar-refractivity contribution >= 4 is 11.9 Å². The number of carbonyl (C=O) groups excluding carboxylic acids is 2. The Kier molecular flexibility index (Phi) is 29.1. The Morgan fingerprint density at radius 1 is 0.579 bits per heavy atom. The van der Waals surface area contributed by atoms with Gasteiger partial charge in [0.05, 0.1) is 6.61 Å². The molecule has 0 heterocycles. The molecule has 0 aromatic rings. The van der Waals surface area contributed by atoms with Gasteiger partial charge >= 0.3 is 11.9 Å². The Morgan fingerprint density at radius 3 is 1.50 bits per heavy atom. The number of hydrogen-bond acceptors (Lipinski definition) is 5. The monoisotopic (exact) mass is 538 g/mol. The minimum atomic E-state index is -0.765. The molecule has 0 aromatic heterocycles. The summed E-state index contributed by atoms with van der Waals surface area (Å²) >= 11 is 0. The quantitative estimate of drug-likeness (QED) is 0.0583. The molecular formula is C33H62O5. The molecule has 0 aliphatic rings. The van der Waals surface area contributed by atoms with Crippen LogP contribution in [-0.4, -0.2) is 36.4 Å². The standard InChI is InChI=1S/C33H62O5/c1-3-5-7-9-11-13-15-16-18-20-22-24-26-28-33(36)38-31(29-34)30-37-32(35)27-25-23-21-19-17-14-12-10-8-6-4-2/h10,12,31,34H,3-9,11,13-30H2,1-2H3/t31-/m0/s1. The van der Waals surface area contributed by atoms with E-state index in [1.54, 1.807) is 0 Å². The highest BCUT2D eigenvalue weighted by Crippen LogP contribution is 2.14. The third-order valence-electron chi connectivity index (χ3n) is 7.06. The summed E-state index contributed by atoms with van der Waals surface area (Å²) in [6.07, 6.45) is 31.2. The van der Waals surface area contributed by atoms with E-state index >= 15 is 0 Å². The molecule has 0 bridgehead atoms. The number of allylic oxidation sites excluding steroid dienone is 2. The van der Waals surface area contributed by atoms with Crippen LogP contribution in [0.15, 0.2) is 12.2 Å². The molecule has 0 radical (unpaired) electrons. The molecule has 5 heteroatoms. The molecule has 0 fully saturated rings. The lowest BCUT2D eigenvalue weighted by Gasteiger charge is -2.15. The van der Waals surface area contributed by atoms with E-state index in [0.717, 1.165) is 44.9 Å². The number of rotatable bonds is 29. The number of ether oxygens (including phenoxy) is 2. The SMILES string of the molecule is CCCCC=CCCCCCCCC(=O)OC[C@H](CO)OC(=O)CCCCCCCCCCCCCCC. The van der Waals surface area contributed by atoms with Crippen LogP contribution in [0.2, 0.25) is 0 Å². The first-order valence-electron chi connectivity index (χ1n) is 16.2. The van der Waals surface area contributed by atoms with Gasteiger partial charge in [-0.25, -0.2) is 0 Å². The van der Waals surface area contributed by atoms with E-state index in [1.807, 2.05) is 0 Å². The van der Waals surface area contributed by atoms with E-state index in [0.29, 0.717) is 12.8 Å². The molecule has 0 aliphatic heterocycles. The van der Waals surface area contributed by atoms with E-state index in [2.05, 4.69) is 26.0 Å². The number of unbranched alkanes of at least 4 members (excludes halogenated alkanes) is 19. The molecular weight excluding hydrogens is 476 g/mol. The lowest BCUT2D eigenvalue weighted by atomic mass is 10.0. The average molecular weight is 539 g/mol. The average Bonchev–Trinajstić information content (AvgIpc) is 2.92. The summed E-state index contributed by atoms with van der Waals surface area (Å²) in [5.74, 6) is -0.599. The number of hydrogen-bond donors (Lipinski definition) is 1. The van der Waals surface area contributed by atoms with Gasteiger partial charge in [0.1, 0.15) is 6.61 Å². The summed E-state index contributed by atoms with van der Waals surface area (Å²) in [6, 6.07) is 0. The lowest BCUT2D eigenvalue weighted by molar-refractivity contribution is -0.161. The zero-order valence-electron chi connectivity index (χ0n) is 25.2.